The van der Waals surface area contributed by atoms with Gasteiger partial charge in [0.2, 0.25) is 5.91 Å². The summed E-state index contributed by atoms with van der Waals surface area (Å²) in [5, 5.41) is 7.09. The lowest BCUT2D eigenvalue weighted by Gasteiger charge is -2.24. The van der Waals surface area contributed by atoms with Gasteiger partial charge in [-0.1, -0.05) is 23.4 Å². The van der Waals surface area contributed by atoms with Crippen LogP contribution in [0.5, 0.6) is 0 Å². The maximum absolute atomic E-state index is 13.0. The number of hydrogen-bond acceptors (Lipinski definition) is 7. The van der Waals surface area contributed by atoms with Crippen LogP contribution in [0.25, 0.3) is 11.3 Å². The molecule has 33 heavy (non-hydrogen) atoms. The SMILES string of the molecule is O=C(CCc1ccno1)N1CCC[C@@H]1c1nc(Nc2ccccc2)cc(-c2ccncc2)n1. The molecule has 1 atom stereocenters. The second-order valence-corrected chi connectivity index (χ2v) is 7.95. The molecule has 1 fully saturated rings. The largest absolute Gasteiger partial charge is 0.361 e. The minimum absolute atomic E-state index is 0.0735. The lowest BCUT2D eigenvalue weighted by Crippen LogP contribution is -2.31. The van der Waals surface area contributed by atoms with Crippen molar-refractivity contribution in [1.29, 1.82) is 0 Å². The van der Waals surface area contributed by atoms with Gasteiger partial charge in [0.05, 0.1) is 17.9 Å². The lowest BCUT2D eigenvalue weighted by molar-refractivity contribution is -0.132. The summed E-state index contributed by atoms with van der Waals surface area (Å²) in [6.45, 7) is 0.699. The van der Waals surface area contributed by atoms with Gasteiger partial charge >= 0.3 is 0 Å². The van der Waals surface area contributed by atoms with E-state index in [2.05, 4.69) is 15.5 Å². The van der Waals surface area contributed by atoms with Gasteiger partial charge in [-0.15, -0.1) is 0 Å². The van der Waals surface area contributed by atoms with Crippen LogP contribution in [0, 0.1) is 0 Å². The number of aromatic nitrogens is 4. The average molecular weight is 441 g/mol. The zero-order valence-corrected chi connectivity index (χ0v) is 18.1. The number of benzene rings is 1. The average Bonchev–Trinajstić information content (AvgIpc) is 3.56. The fraction of sp³-hybridized carbons (Fsp3) is 0.240. The van der Waals surface area contributed by atoms with Crippen molar-refractivity contribution in [2.24, 2.45) is 0 Å². The Balaban J connectivity index is 1.44. The van der Waals surface area contributed by atoms with Crippen molar-refractivity contribution < 1.29 is 9.32 Å². The minimum atomic E-state index is -0.162. The summed E-state index contributed by atoms with van der Waals surface area (Å²) in [7, 11) is 0. The minimum Gasteiger partial charge on any atom is -0.361 e. The van der Waals surface area contributed by atoms with Crippen molar-refractivity contribution in [3.8, 4) is 11.3 Å². The molecule has 0 bridgehead atoms. The van der Waals surface area contributed by atoms with Crippen LogP contribution in [0.15, 0.2) is 77.7 Å². The van der Waals surface area contributed by atoms with Crippen LogP contribution >= 0.6 is 0 Å². The zero-order chi connectivity index (χ0) is 22.5. The Bertz CT molecular complexity index is 1200. The molecule has 166 valence electrons. The number of aryl methyl sites for hydroxylation is 1. The molecule has 0 unspecified atom stereocenters. The Morgan fingerprint density at radius 2 is 1.91 bits per heavy atom. The summed E-state index contributed by atoms with van der Waals surface area (Å²) in [5.74, 6) is 2.13. The highest BCUT2D eigenvalue weighted by atomic mass is 16.5. The van der Waals surface area contributed by atoms with Gasteiger partial charge in [-0.3, -0.25) is 9.78 Å². The molecule has 1 amide bonds. The van der Waals surface area contributed by atoms with E-state index in [0.29, 0.717) is 36.8 Å². The standard InChI is InChI=1S/C25H24N6O2/c32-24(9-8-20-12-15-27-33-20)31-16-4-7-22(31)25-29-21(18-10-13-26-14-11-18)17-23(30-25)28-19-5-2-1-3-6-19/h1-3,5-6,10-15,17,22H,4,7-9,16H2,(H,28,29,30)/t22-/m1/s1. The predicted molar refractivity (Wildman–Crippen MR) is 123 cm³/mol. The summed E-state index contributed by atoms with van der Waals surface area (Å²) in [6.07, 6.45) is 7.73. The molecule has 0 spiro atoms. The number of carbonyl (C=O) groups is 1. The van der Waals surface area contributed by atoms with Crippen molar-refractivity contribution in [2.45, 2.75) is 31.7 Å². The molecule has 8 nitrogen and oxygen atoms in total. The van der Waals surface area contributed by atoms with Gasteiger partial charge in [-0.05, 0) is 37.1 Å². The monoisotopic (exact) mass is 440 g/mol. The predicted octanol–water partition coefficient (Wildman–Crippen LogP) is 4.57. The first kappa shape index (κ1) is 20.8. The Labute approximate surface area is 191 Å². The van der Waals surface area contributed by atoms with E-state index in [1.165, 1.54) is 0 Å². The Morgan fingerprint density at radius 3 is 2.70 bits per heavy atom. The van der Waals surface area contributed by atoms with E-state index in [1.807, 2.05) is 53.4 Å². The fourth-order valence-corrected chi connectivity index (χ4v) is 4.10. The van der Waals surface area contributed by atoms with Crippen molar-refractivity contribution in [3.05, 3.63) is 84.8 Å². The highest BCUT2D eigenvalue weighted by Gasteiger charge is 2.32. The number of pyridine rings is 1. The molecule has 5 rings (SSSR count). The number of anilines is 2. The molecule has 1 aliphatic rings. The Morgan fingerprint density at radius 1 is 1.06 bits per heavy atom. The number of likely N-dealkylation sites (tertiary alicyclic amines) is 1. The lowest BCUT2D eigenvalue weighted by atomic mass is 10.1. The van der Waals surface area contributed by atoms with Gasteiger partial charge in [0.1, 0.15) is 11.6 Å². The summed E-state index contributed by atoms with van der Waals surface area (Å²) in [5.41, 5.74) is 2.68. The highest BCUT2D eigenvalue weighted by Crippen LogP contribution is 2.33. The molecule has 8 heteroatoms. The first-order chi connectivity index (χ1) is 16.3. The number of hydrogen-bond donors (Lipinski definition) is 1. The fourth-order valence-electron chi connectivity index (χ4n) is 4.10. The first-order valence-corrected chi connectivity index (χ1v) is 11.1. The molecule has 1 aromatic carbocycles. The molecule has 1 aliphatic heterocycles. The Kier molecular flexibility index (Phi) is 6.06. The van der Waals surface area contributed by atoms with E-state index in [9.17, 15) is 4.79 Å². The van der Waals surface area contributed by atoms with Crippen LogP contribution in [0.3, 0.4) is 0 Å². The first-order valence-electron chi connectivity index (χ1n) is 11.1. The van der Waals surface area contributed by atoms with E-state index in [4.69, 9.17) is 14.5 Å². The van der Waals surface area contributed by atoms with Gasteiger partial charge in [-0.2, -0.15) is 0 Å². The number of nitrogens with one attached hydrogen (secondary N) is 1. The van der Waals surface area contributed by atoms with Crippen LogP contribution in [-0.2, 0) is 11.2 Å². The highest BCUT2D eigenvalue weighted by molar-refractivity contribution is 5.77. The number of rotatable bonds is 7. The topological polar surface area (TPSA) is 97.0 Å². The molecule has 3 aromatic heterocycles. The van der Waals surface area contributed by atoms with Crippen molar-refractivity contribution in [2.75, 3.05) is 11.9 Å². The smallest absolute Gasteiger partial charge is 0.223 e. The summed E-state index contributed by atoms with van der Waals surface area (Å²) < 4.78 is 5.14. The molecule has 0 aliphatic carbocycles. The maximum atomic E-state index is 13.0. The van der Waals surface area contributed by atoms with Gasteiger partial charge in [0.15, 0.2) is 5.82 Å². The second-order valence-electron chi connectivity index (χ2n) is 7.95. The van der Waals surface area contributed by atoms with E-state index in [1.54, 1.807) is 24.7 Å². The molecule has 0 radical (unpaired) electrons. The third-order valence-electron chi connectivity index (χ3n) is 5.71. The van der Waals surface area contributed by atoms with Gasteiger partial charge in [0.25, 0.3) is 0 Å². The molecule has 4 aromatic rings. The molecule has 0 saturated carbocycles. The van der Waals surface area contributed by atoms with Crippen molar-refractivity contribution in [3.63, 3.8) is 0 Å². The van der Waals surface area contributed by atoms with E-state index in [0.717, 1.165) is 29.8 Å². The normalized spacial score (nSPS) is 15.5. The quantitative estimate of drug-likeness (QED) is 0.450. The molecular formula is C25H24N6O2. The third-order valence-corrected chi connectivity index (χ3v) is 5.71. The van der Waals surface area contributed by atoms with Crippen LogP contribution in [-0.4, -0.2) is 37.5 Å². The maximum Gasteiger partial charge on any atom is 0.223 e. The molecular weight excluding hydrogens is 416 g/mol. The number of amides is 1. The second kappa shape index (κ2) is 9.60. The van der Waals surface area contributed by atoms with Crippen molar-refractivity contribution in [1.82, 2.24) is 25.0 Å². The molecule has 1 N–H and O–H groups in total. The van der Waals surface area contributed by atoms with Crippen LogP contribution in [0.1, 0.15) is 36.9 Å². The van der Waals surface area contributed by atoms with E-state index in [-0.39, 0.29) is 11.9 Å². The number of para-hydroxylation sites is 1. The molecule has 1 saturated heterocycles. The van der Waals surface area contributed by atoms with Crippen LogP contribution in [0.2, 0.25) is 0 Å². The van der Waals surface area contributed by atoms with Gasteiger partial charge in [0, 0.05) is 55.2 Å². The zero-order valence-electron chi connectivity index (χ0n) is 18.1. The summed E-state index contributed by atoms with van der Waals surface area (Å²) >= 11 is 0. The Hall–Kier alpha value is -4.07. The van der Waals surface area contributed by atoms with Gasteiger partial charge in [-0.25, -0.2) is 9.97 Å². The van der Waals surface area contributed by atoms with Crippen molar-refractivity contribution >= 4 is 17.4 Å². The van der Waals surface area contributed by atoms with Crippen LogP contribution in [0.4, 0.5) is 11.5 Å². The van der Waals surface area contributed by atoms with E-state index >= 15 is 0 Å². The molecule has 4 heterocycles. The summed E-state index contributed by atoms with van der Waals surface area (Å²) in [4.78, 5) is 28.7. The summed E-state index contributed by atoms with van der Waals surface area (Å²) in [6, 6.07) is 17.3. The third kappa shape index (κ3) is 4.90. The van der Waals surface area contributed by atoms with Crippen LogP contribution < -0.4 is 5.32 Å². The number of nitrogens with zero attached hydrogens (tertiary/aromatic N) is 5. The van der Waals surface area contributed by atoms with Gasteiger partial charge < -0.3 is 14.7 Å². The van der Waals surface area contributed by atoms with E-state index < -0.39 is 0 Å². The number of carbonyl (C=O) groups excluding carboxylic acids is 1.